The molecular weight excluding hydrogens is 240 g/mol. The minimum absolute atomic E-state index is 0.313. The Balaban J connectivity index is 2.06. The van der Waals surface area contributed by atoms with E-state index < -0.39 is 0 Å². The summed E-state index contributed by atoms with van der Waals surface area (Å²) in [4.78, 5) is 15.9. The molecule has 1 heterocycles. The monoisotopic (exact) mass is 262 g/mol. The highest BCUT2D eigenvalue weighted by molar-refractivity contribution is 5.98. The van der Waals surface area contributed by atoms with Crippen LogP contribution in [0.5, 0.6) is 0 Å². The summed E-state index contributed by atoms with van der Waals surface area (Å²) in [5.74, 6) is 5.49. The number of hydrazine groups is 1. The lowest BCUT2D eigenvalue weighted by atomic mass is 9.75. The maximum atomic E-state index is 11.7. The van der Waals surface area contributed by atoms with E-state index in [4.69, 9.17) is 5.84 Å². The fraction of sp³-hybridized carbons (Fsp3) is 0.571. The predicted octanol–water partition coefficient (Wildman–Crippen LogP) is 2.07. The van der Waals surface area contributed by atoms with Crippen LogP contribution >= 0.6 is 0 Å². The number of anilines is 1. The fourth-order valence-corrected chi connectivity index (χ4v) is 2.52. The van der Waals surface area contributed by atoms with Crippen LogP contribution in [0.4, 0.5) is 5.82 Å². The molecule has 0 aromatic carbocycles. The Bertz CT molecular complexity index is 449. The van der Waals surface area contributed by atoms with E-state index >= 15 is 0 Å². The highest BCUT2D eigenvalue weighted by Gasteiger charge is 2.27. The van der Waals surface area contributed by atoms with Crippen molar-refractivity contribution in [1.82, 2.24) is 10.4 Å². The molecule has 5 heteroatoms. The molecule has 0 unspecified atom stereocenters. The maximum absolute atomic E-state index is 11.7. The highest BCUT2D eigenvalue weighted by atomic mass is 16.2. The van der Waals surface area contributed by atoms with E-state index in [2.05, 4.69) is 29.6 Å². The zero-order chi connectivity index (χ0) is 13.9. The number of carbonyl (C=O) groups excluding carboxylic acids is 1. The minimum Gasteiger partial charge on any atom is -0.367 e. The average Bonchev–Trinajstić information content (AvgIpc) is 2.41. The van der Waals surface area contributed by atoms with Gasteiger partial charge in [0.15, 0.2) is 0 Å². The molecule has 0 aliphatic heterocycles. The molecule has 1 saturated carbocycles. The van der Waals surface area contributed by atoms with Gasteiger partial charge >= 0.3 is 0 Å². The van der Waals surface area contributed by atoms with Crippen molar-refractivity contribution in [1.29, 1.82) is 0 Å². The summed E-state index contributed by atoms with van der Waals surface area (Å²) in [6.45, 7) is 4.61. The highest BCUT2D eigenvalue weighted by Crippen LogP contribution is 2.36. The lowest BCUT2D eigenvalue weighted by Crippen LogP contribution is -2.33. The summed E-state index contributed by atoms with van der Waals surface area (Å²) < 4.78 is 0. The Hall–Kier alpha value is -1.62. The van der Waals surface area contributed by atoms with E-state index in [0.29, 0.717) is 22.8 Å². The summed E-state index contributed by atoms with van der Waals surface area (Å²) >= 11 is 0. The van der Waals surface area contributed by atoms with Crippen molar-refractivity contribution in [3.05, 3.63) is 23.9 Å². The molecule has 19 heavy (non-hydrogen) atoms. The van der Waals surface area contributed by atoms with Crippen LogP contribution in [-0.4, -0.2) is 16.9 Å². The zero-order valence-electron chi connectivity index (χ0n) is 11.6. The molecule has 0 saturated heterocycles. The molecule has 1 aliphatic rings. The van der Waals surface area contributed by atoms with Gasteiger partial charge in [0.1, 0.15) is 5.82 Å². The molecule has 1 aromatic rings. The van der Waals surface area contributed by atoms with Crippen LogP contribution in [0.15, 0.2) is 18.3 Å². The first kappa shape index (κ1) is 13.8. The third kappa shape index (κ3) is 3.44. The predicted molar refractivity (Wildman–Crippen MR) is 75.6 cm³/mol. The van der Waals surface area contributed by atoms with Gasteiger partial charge in [0.2, 0.25) is 0 Å². The quantitative estimate of drug-likeness (QED) is 0.442. The second kappa shape index (κ2) is 5.57. The van der Waals surface area contributed by atoms with Gasteiger partial charge in [-0.1, -0.05) is 13.8 Å². The fourth-order valence-electron chi connectivity index (χ4n) is 2.52. The van der Waals surface area contributed by atoms with E-state index in [-0.39, 0.29) is 5.91 Å². The molecule has 104 valence electrons. The first-order chi connectivity index (χ1) is 9.02. The van der Waals surface area contributed by atoms with Crippen LogP contribution in [0.2, 0.25) is 0 Å². The van der Waals surface area contributed by atoms with E-state index in [9.17, 15) is 4.79 Å². The number of rotatable bonds is 3. The number of nitrogens with one attached hydrogen (secondary N) is 2. The van der Waals surface area contributed by atoms with Crippen molar-refractivity contribution in [3.8, 4) is 0 Å². The molecule has 0 atom stereocenters. The number of carbonyl (C=O) groups is 1. The van der Waals surface area contributed by atoms with Gasteiger partial charge in [-0.2, -0.15) is 0 Å². The van der Waals surface area contributed by atoms with E-state index in [0.717, 1.165) is 12.8 Å². The molecule has 1 fully saturated rings. The Morgan fingerprint density at radius 3 is 2.74 bits per heavy atom. The Morgan fingerprint density at radius 1 is 1.42 bits per heavy atom. The van der Waals surface area contributed by atoms with Crippen molar-refractivity contribution in [3.63, 3.8) is 0 Å². The van der Waals surface area contributed by atoms with Crippen LogP contribution in [-0.2, 0) is 0 Å². The topological polar surface area (TPSA) is 80.0 Å². The third-order valence-corrected chi connectivity index (χ3v) is 3.86. The number of nitrogens with two attached hydrogens (primary N) is 1. The summed E-state index contributed by atoms with van der Waals surface area (Å²) in [5, 5.41) is 3.37. The SMILES string of the molecule is CC1(C)CCC(Nc2ncccc2C(=O)NN)CC1. The number of pyridine rings is 1. The van der Waals surface area contributed by atoms with Gasteiger partial charge in [0.25, 0.3) is 5.91 Å². The third-order valence-electron chi connectivity index (χ3n) is 3.86. The van der Waals surface area contributed by atoms with Crippen molar-refractivity contribution in [2.45, 2.75) is 45.6 Å². The first-order valence-corrected chi connectivity index (χ1v) is 6.74. The van der Waals surface area contributed by atoms with Gasteiger partial charge in [-0.15, -0.1) is 0 Å². The molecule has 1 aliphatic carbocycles. The van der Waals surface area contributed by atoms with E-state index in [1.165, 1.54) is 12.8 Å². The normalized spacial score (nSPS) is 18.9. The van der Waals surface area contributed by atoms with Gasteiger partial charge < -0.3 is 5.32 Å². The second-order valence-corrected chi connectivity index (χ2v) is 5.96. The Labute approximate surface area is 114 Å². The molecule has 0 radical (unpaired) electrons. The zero-order valence-corrected chi connectivity index (χ0v) is 11.6. The van der Waals surface area contributed by atoms with Gasteiger partial charge in [0, 0.05) is 12.2 Å². The van der Waals surface area contributed by atoms with E-state index in [1.807, 2.05) is 0 Å². The molecule has 4 N–H and O–H groups in total. The summed E-state index contributed by atoms with van der Waals surface area (Å²) in [6, 6.07) is 3.84. The average molecular weight is 262 g/mol. The van der Waals surface area contributed by atoms with Crippen LogP contribution in [0.1, 0.15) is 49.9 Å². The molecule has 1 amide bonds. The lowest BCUT2D eigenvalue weighted by molar-refractivity contribution is 0.0954. The smallest absolute Gasteiger partial charge is 0.268 e. The van der Waals surface area contributed by atoms with Crippen molar-refractivity contribution >= 4 is 11.7 Å². The molecular formula is C14H22N4O. The first-order valence-electron chi connectivity index (χ1n) is 6.74. The number of hydrogen-bond acceptors (Lipinski definition) is 4. The van der Waals surface area contributed by atoms with Gasteiger partial charge in [-0.25, -0.2) is 10.8 Å². The number of hydrogen-bond donors (Lipinski definition) is 3. The Morgan fingerprint density at radius 2 is 2.11 bits per heavy atom. The van der Waals surface area contributed by atoms with Gasteiger partial charge in [-0.05, 0) is 43.2 Å². The number of amides is 1. The van der Waals surface area contributed by atoms with Crippen molar-refractivity contribution < 1.29 is 4.79 Å². The summed E-state index contributed by atoms with van der Waals surface area (Å²) in [5.41, 5.74) is 3.08. The van der Waals surface area contributed by atoms with Crippen LogP contribution in [0.3, 0.4) is 0 Å². The summed E-state index contributed by atoms with van der Waals surface area (Å²) in [6.07, 6.45) is 6.27. The second-order valence-electron chi connectivity index (χ2n) is 5.96. The lowest BCUT2D eigenvalue weighted by Gasteiger charge is -2.35. The van der Waals surface area contributed by atoms with Gasteiger partial charge in [0.05, 0.1) is 5.56 Å². The number of nitrogen functional groups attached to an aromatic ring is 1. The molecule has 1 aromatic heterocycles. The van der Waals surface area contributed by atoms with E-state index in [1.54, 1.807) is 18.3 Å². The minimum atomic E-state index is -0.313. The van der Waals surface area contributed by atoms with Crippen LogP contribution in [0, 0.1) is 5.41 Å². The maximum Gasteiger partial charge on any atom is 0.268 e. The molecule has 0 bridgehead atoms. The molecule has 0 spiro atoms. The molecule has 5 nitrogen and oxygen atoms in total. The van der Waals surface area contributed by atoms with Crippen molar-refractivity contribution in [2.75, 3.05) is 5.32 Å². The standard InChI is InChI=1S/C14H22N4O/c1-14(2)7-5-10(6-8-14)17-12-11(13(19)18-15)4-3-9-16-12/h3-4,9-10H,5-8,15H2,1-2H3,(H,16,17)(H,18,19). The largest absolute Gasteiger partial charge is 0.367 e. The van der Waals surface area contributed by atoms with Crippen LogP contribution in [0.25, 0.3) is 0 Å². The molecule has 2 rings (SSSR count). The van der Waals surface area contributed by atoms with Crippen LogP contribution < -0.4 is 16.6 Å². The number of aromatic nitrogens is 1. The van der Waals surface area contributed by atoms with Gasteiger partial charge in [-0.3, -0.25) is 10.2 Å². The number of nitrogens with zero attached hydrogens (tertiary/aromatic N) is 1. The Kier molecular flexibility index (Phi) is 4.04. The summed E-state index contributed by atoms with van der Waals surface area (Å²) in [7, 11) is 0. The van der Waals surface area contributed by atoms with Crippen molar-refractivity contribution in [2.24, 2.45) is 11.3 Å².